The summed E-state index contributed by atoms with van der Waals surface area (Å²) in [6.45, 7) is 4.09. The fourth-order valence-corrected chi connectivity index (χ4v) is 2.59. The lowest BCUT2D eigenvalue weighted by atomic mass is 10.0. The summed E-state index contributed by atoms with van der Waals surface area (Å²) >= 11 is 9.77. The van der Waals surface area contributed by atoms with Crippen LogP contribution in [0.15, 0.2) is 40.9 Å². The van der Waals surface area contributed by atoms with Crippen molar-refractivity contribution in [3.63, 3.8) is 0 Å². The van der Waals surface area contributed by atoms with Crippen LogP contribution in [0, 0.1) is 6.92 Å². The zero-order valence-electron chi connectivity index (χ0n) is 12.2. The second-order valence-corrected chi connectivity index (χ2v) is 6.47. The molecule has 2 aromatic carbocycles. The molecule has 0 aliphatic heterocycles. The Morgan fingerprint density at radius 1 is 1.19 bits per heavy atom. The molecular weight excluding hydrogens is 350 g/mol. The molecule has 2 aromatic rings. The summed E-state index contributed by atoms with van der Waals surface area (Å²) in [5, 5.41) is 0.607. The molecule has 2 N–H and O–H groups in total. The van der Waals surface area contributed by atoms with Gasteiger partial charge >= 0.3 is 0 Å². The Labute approximate surface area is 139 Å². The van der Waals surface area contributed by atoms with E-state index in [0.29, 0.717) is 10.8 Å². The first kappa shape index (κ1) is 16.3. The molecule has 1 atom stereocenters. The number of rotatable bonds is 5. The van der Waals surface area contributed by atoms with E-state index in [-0.39, 0.29) is 6.04 Å². The van der Waals surface area contributed by atoms with E-state index in [1.165, 1.54) is 0 Å². The average Bonchev–Trinajstić information content (AvgIpc) is 2.45. The van der Waals surface area contributed by atoms with E-state index < -0.39 is 0 Å². The maximum atomic E-state index is 6.32. The Hall–Kier alpha value is -1.03. The highest BCUT2D eigenvalue weighted by Crippen LogP contribution is 2.33. The van der Waals surface area contributed by atoms with E-state index >= 15 is 0 Å². The third kappa shape index (κ3) is 4.47. The fourth-order valence-electron chi connectivity index (χ4n) is 2.00. The van der Waals surface area contributed by atoms with Gasteiger partial charge in [0.15, 0.2) is 0 Å². The van der Waals surface area contributed by atoms with Gasteiger partial charge in [0.25, 0.3) is 0 Å². The molecule has 0 radical (unpaired) electrons. The van der Waals surface area contributed by atoms with Crippen molar-refractivity contribution in [1.29, 1.82) is 0 Å². The highest BCUT2D eigenvalue weighted by molar-refractivity contribution is 9.10. The molecule has 0 spiro atoms. The van der Waals surface area contributed by atoms with Crippen molar-refractivity contribution in [2.75, 3.05) is 0 Å². The van der Waals surface area contributed by atoms with E-state index in [0.717, 1.165) is 34.2 Å². The molecule has 4 heteroatoms. The standard InChI is InChI=1S/C17H19BrClNO/c1-3-14(20)8-12-5-7-16(15(19)9-12)21-17-10-13(18)6-4-11(17)2/h4-7,9-10,14H,3,8,20H2,1-2H3. The Morgan fingerprint density at radius 3 is 2.62 bits per heavy atom. The van der Waals surface area contributed by atoms with Crippen LogP contribution in [0.25, 0.3) is 0 Å². The quantitative estimate of drug-likeness (QED) is 0.758. The third-order valence-corrected chi connectivity index (χ3v) is 4.18. The molecule has 0 fully saturated rings. The van der Waals surface area contributed by atoms with E-state index in [4.69, 9.17) is 22.1 Å². The van der Waals surface area contributed by atoms with Gasteiger partial charge in [0.05, 0.1) is 5.02 Å². The largest absolute Gasteiger partial charge is 0.455 e. The van der Waals surface area contributed by atoms with Gasteiger partial charge < -0.3 is 10.5 Å². The van der Waals surface area contributed by atoms with Gasteiger partial charge in [0.1, 0.15) is 11.5 Å². The highest BCUT2D eigenvalue weighted by Gasteiger charge is 2.09. The molecule has 0 aliphatic carbocycles. The summed E-state index contributed by atoms with van der Waals surface area (Å²) in [5.74, 6) is 1.45. The Bertz CT molecular complexity index is 630. The van der Waals surface area contributed by atoms with Crippen LogP contribution in [-0.4, -0.2) is 6.04 Å². The van der Waals surface area contributed by atoms with Crippen LogP contribution in [0.4, 0.5) is 0 Å². The molecule has 0 amide bonds. The van der Waals surface area contributed by atoms with Gasteiger partial charge in [-0.05, 0) is 55.2 Å². The lowest BCUT2D eigenvalue weighted by molar-refractivity contribution is 0.478. The van der Waals surface area contributed by atoms with Gasteiger partial charge in [-0.2, -0.15) is 0 Å². The van der Waals surface area contributed by atoms with E-state index in [1.807, 2.05) is 43.3 Å². The average molecular weight is 369 g/mol. The molecule has 2 nitrogen and oxygen atoms in total. The molecule has 21 heavy (non-hydrogen) atoms. The maximum absolute atomic E-state index is 6.32. The molecular formula is C17H19BrClNO. The number of nitrogens with two attached hydrogens (primary N) is 1. The predicted octanol–water partition coefficient (Wildman–Crippen LogP) is 5.48. The van der Waals surface area contributed by atoms with Crippen LogP contribution < -0.4 is 10.5 Å². The zero-order chi connectivity index (χ0) is 15.4. The Balaban J connectivity index is 2.19. The first-order chi connectivity index (χ1) is 9.99. The van der Waals surface area contributed by atoms with Crippen LogP contribution in [0.3, 0.4) is 0 Å². The summed E-state index contributed by atoms with van der Waals surface area (Å²) in [4.78, 5) is 0. The van der Waals surface area contributed by atoms with E-state index in [1.54, 1.807) is 0 Å². The number of benzene rings is 2. The van der Waals surface area contributed by atoms with Crippen molar-refractivity contribution in [2.24, 2.45) is 5.73 Å². The predicted molar refractivity (Wildman–Crippen MR) is 92.4 cm³/mol. The van der Waals surface area contributed by atoms with Crippen LogP contribution in [0.2, 0.25) is 5.02 Å². The van der Waals surface area contributed by atoms with Crippen molar-refractivity contribution in [1.82, 2.24) is 0 Å². The van der Waals surface area contributed by atoms with Crippen LogP contribution in [-0.2, 0) is 6.42 Å². The minimum atomic E-state index is 0.167. The molecule has 112 valence electrons. The SMILES string of the molecule is CCC(N)Cc1ccc(Oc2cc(Br)ccc2C)c(Cl)c1. The summed E-state index contributed by atoms with van der Waals surface area (Å²) in [6.07, 6.45) is 1.78. The lowest BCUT2D eigenvalue weighted by Crippen LogP contribution is -2.21. The van der Waals surface area contributed by atoms with Gasteiger partial charge in [-0.15, -0.1) is 0 Å². The van der Waals surface area contributed by atoms with Crippen LogP contribution in [0.1, 0.15) is 24.5 Å². The molecule has 0 heterocycles. The van der Waals surface area contributed by atoms with Crippen molar-refractivity contribution < 1.29 is 4.74 Å². The summed E-state index contributed by atoms with van der Waals surface area (Å²) in [7, 11) is 0. The second kappa shape index (κ2) is 7.30. The molecule has 0 saturated heterocycles. The molecule has 0 aromatic heterocycles. The van der Waals surface area contributed by atoms with Gasteiger partial charge in [0.2, 0.25) is 0 Å². The van der Waals surface area contributed by atoms with Crippen molar-refractivity contribution in [3.05, 3.63) is 57.0 Å². The van der Waals surface area contributed by atoms with Gasteiger partial charge in [-0.25, -0.2) is 0 Å². The number of hydrogen-bond donors (Lipinski definition) is 1. The number of ether oxygens (including phenoxy) is 1. The second-order valence-electron chi connectivity index (χ2n) is 5.15. The first-order valence-electron chi connectivity index (χ1n) is 6.97. The minimum absolute atomic E-state index is 0.167. The summed E-state index contributed by atoms with van der Waals surface area (Å²) in [5.41, 5.74) is 8.17. The van der Waals surface area contributed by atoms with E-state index in [9.17, 15) is 0 Å². The van der Waals surface area contributed by atoms with Crippen molar-refractivity contribution in [2.45, 2.75) is 32.7 Å². The third-order valence-electron chi connectivity index (χ3n) is 3.39. The molecule has 0 saturated carbocycles. The number of aryl methyl sites for hydroxylation is 1. The van der Waals surface area contributed by atoms with E-state index in [2.05, 4.69) is 22.9 Å². The van der Waals surface area contributed by atoms with Crippen molar-refractivity contribution in [3.8, 4) is 11.5 Å². The minimum Gasteiger partial charge on any atom is -0.455 e. The van der Waals surface area contributed by atoms with Gasteiger partial charge in [-0.3, -0.25) is 0 Å². The lowest BCUT2D eigenvalue weighted by Gasteiger charge is -2.13. The van der Waals surface area contributed by atoms with Crippen LogP contribution >= 0.6 is 27.5 Å². The monoisotopic (exact) mass is 367 g/mol. The fraction of sp³-hybridized carbons (Fsp3) is 0.294. The normalized spacial score (nSPS) is 12.2. The highest BCUT2D eigenvalue weighted by atomic mass is 79.9. The zero-order valence-corrected chi connectivity index (χ0v) is 14.5. The first-order valence-corrected chi connectivity index (χ1v) is 8.14. The Kier molecular flexibility index (Phi) is 5.68. The summed E-state index contributed by atoms with van der Waals surface area (Å²) in [6, 6.07) is 11.9. The molecule has 1 unspecified atom stereocenters. The summed E-state index contributed by atoms with van der Waals surface area (Å²) < 4.78 is 6.89. The van der Waals surface area contributed by atoms with Crippen molar-refractivity contribution >= 4 is 27.5 Å². The van der Waals surface area contributed by atoms with Crippen LogP contribution in [0.5, 0.6) is 11.5 Å². The maximum Gasteiger partial charge on any atom is 0.146 e. The van der Waals surface area contributed by atoms with Gasteiger partial charge in [0, 0.05) is 10.5 Å². The number of hydrogen-bond acceptors (Lipinski definition) is 2. The smallest absolute Gasteiger partial charge is 0.146 e. The Morgan fingerprint density at radius 2 is 1.95 bits per heavy atom. The van der Waals surface area contributed by atoms with Gasteiger partial charge in [-0.1, -0.05) is 46.6 Å². The molecule has 2 rings (SSSR count). The topological polar surface area (TPSA) is 35.2 Å². The number of halogens is 2. The molecule has 0 bridgehead atoms. The molecule has 0 aliphatic rings.